The van der Waals surface area contributed by atoms with Gasteiger partial charge in [0.05, 0.1) is 0 Å². The van der Waals surface area contributed by atoms with E-state index in [1.54, 1.807) is 0 Å². The van der Waals surface area contributed by atoms with Gasteiger partial charge in [-0.1, -0.05) is 101 Å². The Morgan fingerprint density at radius 1 is 0.452 bits per heavy atom. The zero-order chi connectivity index (χ0) is 23.0. The second kappa shape index (κ2) is 8.61. The third-order valence-electron chi connectivity index (χ3n) is 5.80. The Hall–Kier alpha value is -1.81. The Bertz CT molecular complexity index is 857. The lowest BCUT2D eigenvalue weighted by Crippen LogP contribution is -2.14. The number of anilines is 3. The van der Waals surface area contributed by atoms with Gasteiger partial charge in [0.25, 0.3) is 0 Å². The first-order valence-corrected chi connectivity index (χ1v) is 12.2. The van der Waals surface area contributed by atoms with E-state index in [9.17, 15) is 0 Å². The van der Waals surface area contributed by atoms with Gasteiger partial charge >= 0.3 is 0 Å². The minimum absolute atomic E-state index is 0.115. The normalized spacial score (nSPS) is 12.7. The smallest absolute Gasteiger partial charge is 0.0461 e. The summed E-state index contributed by atoms with van der Waals surface area (Å²) < 4.78 is 0.115. The van der Waals surface area contributed by atoms with Gasteiger partial charge in [0.15, 0.2) is 0 Å². The molecule has 3 rings (SSSR count). The highest BCUT2D eigenvalue weighted by Crippen LogP contribution is 2.38. The molecule has 0 N–H and O–H groups in total. The summed E-state index contributed by atoms with van der Waals surface area (Å²) in [7, 11) is 0. The molecular weight excluding hydrogens is 489 g/mol. The summed E-state index contributed by atoms with van der Waals surface area (Å²) in [5.41, 5.74) is 7.86. The molecule has 0 unspecified atom stereocenters. The van der Waals surface area contributed by atoms with Crippen molar-refractivity contribution >= 4 is 39.7 Å². The molecule has 0 bridgehead atoms. The van der Waals surface area contributed by atoms with Crippen molar-refractivity contribution in [2.45, 2.75) is 69.6 Å². The number of nitrogens with zero attached hydrogens (tertiary/aromatic N) is 1. The Labute approximate surface area is 203 Å². The van der Waals surface area contributed by atoms with E-state index < -0.39 is 0 Å². The maximum Gasteiger partial charge on any atom is 0.0461 e. The van der Waals surface area contributed by atoms with E-state index in [1.165, 1.54) is 33.8 Å². The number of hydrogen-bond acceptors (Lipinski definition) is 1. The Balaban J connectivity index is 2.08. The van der Waals surface area contributed by atoms with Crippen molar-refractivity contribution in [3.63, 3.8) is 0 Å². The Morgan fingerprint density at radius 2 is 0.710 bits per heavy atom. The van der Waals surface area contributed by atoms with Crippen molar-refractivity contribution in [2.75, 3.05) is 4.90 Å². The van der Waals surface area contributed by atoms with Gasteiger partial charge in [-0.05, 0) is 77.8 Å². The van der Waals surface area contributed by atoms with Crippen LogP contribution in [0.1, 0.15) is 72.1 Å². The molecule has 0 amide bonds. The molecule has 3 aromatic rings. The monoisotopic (exact) mass is 525 g/mol. The SMILES string of the molecule is CC(C)(C)c1ccc(N(c2ccc(C(C)(C)C)cc2)c2ccc(C(C)(C)I)cc2)cc1. The highest BCUT2D eigenvalue weighted by atomic mass is 127. The minimum atomic E-state index is 0.115. The molecule has 0 aromatic heterocycles. The average Bonchev–Trinajstić information content (AvgIpc) is 2.67. The van der Waals surface area contributed by atoms with Crippen molar-refractivity contribution in [3.05, 3.63) is 89.5 Å². The molecule has 31 heavy (non-hydrogen) atoms. The number of rotatable bonds is 4. The van der Waals surface area contributed by atoms with E-state index in [0.717, 1.165) is 0 Å². The van der Waals surface area contributed by atoms with Gasteiger partial charge in [0.2, 0.25) is 0 Å². The molecule has 2 heteroatoms. The summed E-state index contributed by atoms with van der Waals surface area (Å²) in [5.74, 6) is 0. The predicted octanol–water partition coefficient (Wildman–Crippen LogP) is 9.42. The molecule has 0 aliphatic heterocycles. The van der Waals surface area contributed by atoms with Crippen molar-refractivity contribution in [2.24, 2.45) is 0 Å². The highest BCUT2D eigenvalue weighted by Gasteiger charge is 2.20. The standard InChI is InChI=1S/C29H36IN/c1-27(2,3)21-9-15-24(16-10-21)31(25-17-11-22(12-18-25)28(4,5)6)26-19-13-23(14-20-26)29(7,8)30/h9-20H,1-8H3. The maximum atomic E-state index is 2.50. The first-order valence-electron chi connectivity index (χ1n) is 11.1. The number of benzene rings is 3. The van der Waals surface area contributed by atoms with Gasteiger partial charge in [0, 0.05) is 20.5 Å². The Kier molecular flexibility index (Phi) is 6.63. The number of hydrogen-bond donors (Lipinski definition) is 0. The lowest BCUT2D eigenvalue weighted by atomic mass is 9.86. The molecule has 0 fully saturated rings. The average molecular weight is 526 g/mol. The zero-order valence-corrected chi connectivity index (χ0v) is 22.4. The quantitative estimate of drug-likeness (QED) is 0.242. The molecule has 0 atom stereocenters. The van der Waals surface area contributed by atoms with Crippen LogP contribution in [-0.4, -0.2) is 0 Å². The van der Waals surface area contributed by atoms with E-state index in [4.69, 9.17) is 0 Å². The highest BCUT2D eigenvalue weighted by molar-refractivity contribution is 14.1. The second-order valence-corrected chi connectivity index (χ2v) is 13.6. The molecule has 3 aromatic carbocycles. The topological polar surface area (TPSA) is 3.24 Å². The van der Waals surface area contributed by atoms with Crippen LogP contribution in [-0.2, 0) is 14.3 Å². The van der Waals surface area contributed by atoms with Crippen LogP contribution < -0.4 is 4.90 Å². The van der Waals surface area contributed by atoms with Crippen LogP contribution in [0.15, 0.2) is 72.8 Å². The summed E-state index contributed by atoms with van der Waals surface area (Å²) in [5, 5.41) is 0. The van der Waals surface area contributed by atoms with Crippen LogP contribution in [0.5, 0.6) is 0 Å². The van der Waals surface area contributed by atoms with Gasteiger partial charge in [-0.15, -0.1) is 0 Å². The lowest BCUT2D eigenvalue weighted by Gasteiger charge is -2.28. The molecular formula is C29H36IN. The molecule has 0 spiro atoms. The van der Waals surface area contributed by atoms with Crippen LogP contribution >= 0.6 is 22.6 Å². The van der Waals surface area contributed by atoms with Gasteiger partial charge in [-0.2, -0.15) is 0 Å². The van der Waals surface area contributed by atoms with Crippen molar-refractivity contribution < 1.29 is 0 Å². The summed E-state index contributed by atoms with van der Waals surface area (Å²) in [6, 6.07) is 27.0. The second-order valence-electron chi connectivity index (χ2n) is 10.9. The van der Waals surface area contributed by atoms with Gasteiger partial charge in [0.1, 0.15) is 0 Å². The molecule has 0 radical (unpaired) electrons. The maximum absolute atomic E-state index is 2.50. The van der Waals surface area contributed by atoms with E-state index in [0.29, 0.717) is 0 Å². The third kappa shape index (κ3) is 5.71. The van der Waals surface area contributed by atoms with Gasteiger partial charge in [-0.25, -0.2) is 0 Å². The van der Waals surface area contributed by atoms with Crippen molar-refractivity contribution in [1.29, 1.82) is 0 Å². The zero-order valence-electron chi connectivity index (χ0n) is 20.3. The Morgan fingerprint density at radius 3 is 0.935 bits per heavy atom. The molecule has 1 nitrogen and oxygen atoms in total. The first kappa shape index (κ1) is 23.8. The lowest BCUT2D eigenvalue weighted by molar-refractivity contribution is 0.590. The molecule has 0 saturated carbocycles. The summed E-state index contributed by atoms with van der Waals surface area (Å²) in [4.78, 5) is 2.35. The predicted molar refractivity (Wildman–Crippen MR) is 146 cm³/mol. The fourth-order valence-electron chi connectivity index (χ4n) is 3.68. The molecule has 164 valence electrons. The van der Waals surface area contributed by atoms with Crippen LogP contribution in [0.25, 0.3) is 0 Å². The van der Waals surface area contributed by atoms with Crippen molar-refractivity contribution in [3.8, 4) is 0 Å². The van der Waals surface area contributed by atoms with Crippen molar-refractivity contribution in [1.82, 2.24) is 0 Å². The summed E-state index contributed by atoms with van der Waals surface area (Å²) >= 11 is 2.50. The number of halogens is 1. The van der Waals surface area contributed by atoms with Crippen LogP contribution in [0, 0.1) is 0 Å². The van der Waals surface area contributed by atoms with Gasteiger partial charge in [-0.3, -0.25) is 0 Å². The van der Waals surface area contributed by atoms with E-state index >= 15 is 0 Å². The molecule has 0 heterocycles. The van der Waals surface area contributed by atoms with E-state index in [1.807, 2.05) is 0 Å². The van der Waals surface area contributed by atoms with E-state index in [2.05, 4.69) is 156 Å². The summed E-state index contributed by atoms with van der Waals surface area (Å²) in [6.45, 7) is 18.1. The molecule has 0 saturated heterocycles. The summed E-state index contributed by atoms with van der Waals surface area (Å²) in [6.07, 6.45) is 0. The molecule has 0 aliphatic rings. The fourth-order valence-corrected chi connectivity index (χ4v) is 4.03. The first-order chi connectivity index (χ1) is 14.3. The minimum Gasteiger partial charge on any atom is -0.311 e. The molecule has 0 aliphatic carbocycles. The van der Waals surface area contributed by atoms with Crippen LogP contribution in [0.3, 0.4) is 0 Å². The largest absolute Gasteiger partial charge is 0.311 e. The van der Waals surface area contributed by atoms with Crippen LogP contribution in [0.4, 0.5) is 17.1 Å². The number of alkyl halides is 1. The van der Waals surface area contributed by atoms with Gasteiger partial charge < -0.3 is 4.90 Å². The van der Waals surface area contributed by atoms with E-state index in [-0.39, 0.29) is 14.3 Å². The van der Waals surface area contributed by atoms with Crippen LogP contribution in [0.2, 0.25) is 0 Å². The fraction of sp³-hybridized carbons (Fsp3) is 0.379. The third-order valence-corrected chi connectivity index (χ3v) is 6.42.